The first kappa shape index (κ1) is 23.3. The molecule has 2 aromatic heterocycles. The fourth-order valence-corrected chi connectivity index (χ4v) is 4.98. The van der Waals surface area contributed by atoms with Crippen molar-refractivity contribution in [2.45, 2.75) is 27.7 Å². The van der Waals surface area contributed by atoms with Crippen LogP contribution in [0, 0.1) is 13.8 Å². The Bertz CT molecular complexity index is 1190. The molecule has 0 fully saturated rings. The highest BCUT2D eigenvalue weighted by Crippen LogP contribution is 2.33. The molecular weight excluding hydrogens is 428 g/mol. The molecule has 1 N–H and O–H groups in total. The molecule has 0 spiro atoms. The van der Waals surface area contributed by atoms with Crippen LogP contribution in [0.4, 0.5) is 5.13 Å². The molecule has 4 rings (SSSR count). The number of benzene rings is 2. The summed E-state index contributed by atoms with van der Waals surface area (Å²) in [6, 6.07) is 12.2. The zero-order chi connectivity index (χ0) is 21.3. The Balaban J connectivity index is 0.00000272. The maximum absolute atomic E-state index is 13.7. The lowest BCUT2D eigenvalue weighted by atomic mass is 10.1. The first-order valence-corrected chi connectivity index (χ1v) is 11.3. The van der Waals surface area contributed by atoms with Crippen LogP contribution in [0.15, 0.2) is 42.6 Å². The second-order valence-corrected chi connectivity index (χ2v) is 8.64. The molecule has 31 heavy (non-hydrogen) atoms. The molecule has 5 nitrogen and oxygen atoms in total. The molecule has 4 aromatic rings. The van der Waals surface area contributed by atoms with Crippen molar-refractivity contribution >= 4 is 55.9 Å². The van der Waals surface area contributed by atoms with E-state index in [9.17, 15) is 4.79 Å². The van der Waals surface area contributed by atoms with Crippen LogP contribution in [-0.2, 0) is 0 Å². The molecule has 1 amide bonds. The minimum absolute atomic E-state index is 0. The minimum Gasteiger partial charge on any atom is -0.360 e. The molecule has 0 aliphatic carbocycles. The van der Waals surface area contributed by atoms with Gasteiger partial charge in [-0.1, -0.05) is 49.4 Å². The number of aryl methyl sites for hydroxylation is 2. The summed E-state index contributed by atoms with van der Waals surface area (Å²) in [6.45, 7) is 11.8. The molecule has 2 heterocycles. The van der Waals surface area contributed by atoms with E-state index in [1.807, 2.05) is 35.4 Å². The summed E-state index contributed by atoms with van der Waals surface area (Å²) in [6.07, 6.45) is 1.82. The van der Waals surface area contributed by atoms with Gasteiger partial charge in [0, 0.05) is 30.2 Å². The number of thiazole rings is 1. The van der Waals surface area contributed by atoms with E-state index in [2.05, 4.69) is 49.7 Å². The van der Waals surface area contributed by atoms with Crippen LogP contribution in [-0.4, -0.2) is 47.0 Å². The second kappa shape index (κ2) is 9.81. The summed E-state index contributed by atoms with van der Waals surface area (Å²) in [4.78, 5) is 26.0. The highest BCUT2D eigenvalue weighted by Gasteiger charge is 2.24. The number of likely N-dealkylation sites (N-methyl/N-ethyl adjacent to an activating group) is 1. The van der Waals surface area contributed by atoms with Gasteiger partial charge in [0.1, 0.15) is 0 Å². The molecule has 0 radical (unpaired) electrons. The molecule has 0 saturated carbocycles. The van der Waals surface area contributed by atoms with Gasteiger partial charge in [-0.2, -0.15) is 0 Å². The fraction of sp³-hybridized carbons (Fsp3) is 0.333. The summed E-state index contributed by atoms with van der Waals surface area (Å²) >= 11 is 1.60. The van der Waals surface area contributed by atoms with Gasteiger partial charge in [-0.3, -0.25) is 9.69 Å². The van der Waals surface area contributed by atoms with E-state index >= 15 is 0 Å². The molecule has 0 atom stereocenters. The first-order valence-electron chi connectivity index (χ1n) is 10.5. The highest BCUT2D eigenvalue weighted by molar-refractivity contribution is 7.22. The average Bonchev–Trinajstić information content (AvgIpc) is 3.35. The maximum atomic E-state index is 13.7. The number of carbonyl (C=O) groups is 1. The van der Waals surface area contributed by atoms with Crippen LogP contribution in [0.3, 0.4) is 0 Å². The van der Waals surface area contributed by atoms with Gasteiger partial charge < -0.3 is 9.88 Å². The van der Waals surface area contributed by atoms with Crippen molar-refractivity contribution in [1.29, 1.82) is 0 Å². The van der Waals surface area contributed by atoms with Gasteiger partial charge in [0.05, 0.1) is 15.8 Å². The zero-order valence-electron chi connectivity index (χ0n) is 18.4. The lowest BCUT2D eigenvalue weighted by Crippen LogP contribution is -2.38. The van der Waals surface area contributed by atoms with Crippen LogP contribution in [0.1, 0.15) is 35.3 Å². The molecule has 0 saturated heterocycles. The molecule has 0 bridgehead atoms. The number of para-hydroxylation sites is 1. The lowest BCUT2D eigenvalue weighted by molar-refractivity contribution is 0.0985. The first-order chi connectivity index (χ1) is 14.5. The smallest absolute Gasteiger partial charge is 0.262 e. The third-order valence-corrected chi connectivity index (χ3v) is 6.87. The number of aromatic nitrogens is 2. The van der Waals surface area contributed by atoms with Crippen LogP contribution < -0.4 is 4.90 Å². The molecule has 164 valence electrons. The van der Waals surface area contributed by atoms with Gasteiger partial charge in [0.2, 0.25) is 0 Å². The van der Waals surface area contributed by atoms with Gasteiger partial charge in [-0.25, -0.2) is 4.98 Å². The summed E-state index contributed by atoms with van der Waals surface area (Å²) in [5, 5.41) is 1.71. The number of amides is 1. The van der Waals surface area contributed by atoms with Gasteiger partial charge in [-0.15, -0.1) is 12.4 Å². The van der Waals surface area contributed by atoms with E-state index < -0.39 is 0 Å². The molecular formula is C24H29ClN4OS. The summed E-state index contributed by atoms with van der Waals surface area (Å²) in [5.41, 5.74) is 5.02. The summed E-state index contributed by atoms with van der Waals surface area (Å²) in [5.74, 6) is -0.00645. The average molecular weight is 457 g/mol. The van der Waals surface area contributed by atoms with Crippen molar-refractivity contribution in [2.75, 3.05) is 31.1 Å². The number of carbonyl (C=O) groups excluding carboxylic acids is 1. The molecule has 7 heteroatoms. The monoisotopic (exact) mass is 456 g/mol. The summed E-state index contributed by atoms with van der Waals surface area (Å²) in [7, 11) is 0. The SMILES string of the molecule is CCN(CC)CCN(C(=O)c1c[nH]c2ccccc12)c1nc2cc(C)cc(C)c2s1.Cl. The van der Waals surface area contributed by atoms with Gasteiger partial charge >= 0.3 is 0 Å². The Morgan fingerprint density at radius 2 is 1.84 bits per heavy atom. The largest absolute Gasteiger partial charge is 0.360 e. The van der Waals surface area contributed by atoms with E-state index in [-0.39, 0.29) is 18.3 Å². The predicted molar refractivity (Wildman–Crippen MR) is 134 cm³/mol. The number of halogens is 1. The quantitative estimate of drug-likeness (QED) is 0.382. The van der Waals surface area contributed by atoms with Gasteiger partial charge in [0.25, 0.3) is 5.91 Å². The predicted octanol–water partition coefficient (Wildman–Crippen LogP) is 5.80. The minimum atomic E-state index is -0.00645. The molecule has 0 aliphatic heterocycles. The lowest BCUT2D eigenvalue weighted by Gasteiger charge is -2.24. The number of hydrogen-bond donors (Lipinski definition) is 1. The number of nitrogens with zero attached hydrogens (tertiary/aromatic N) is 3. The van der Waals surface area contributed by atoms with E-state index in [1.54, 1.807) is 11.3 Å². The van der Waals surface area contributed by atoms with Crippen molar-refractivity contribution in [3.05, 3.63) is 59.3 Å². The Labute approximate surface area is 193 Å². The second-order valence-electron chi connectivity index (χ2n) is 7.66. The van der Waals surface area contributed by atoms with E-state index in [0.717, 1.165) is 45.9 Å². The van der Waals surface area contributed by atoms with Crippen molar-refractivity contribution in [3.8, 4) is 0 Å². The van der Waals surface area contributed by atoms with E-state index in [0.29, 0.717) is 12.1 Å². The van der Waals surface area contributed by atoms with Crippen LogP contribution in [0.5, 0.6) is 0 Å². The Hall–Kier alpha value is -2.41. The Morgan fingerprint density at radius 3 is 2.58 bits per heavy atom. The normalized spacial score (nSPS) is 11.3. The highest BCUT2D eigenvalue weighted by atomic mass is 35.5. The van der Waals surface area contributed by atoms with Crippen LogP contribution in [0.25, 0.3) is 21.1 Å². The number of rotatable bonds is 7. The van der Waals surface area contributed by atoms with Crippen molar-refractivity contribution < 1.29 is 4.79 Å². The van der Waals surface area contributed by atoms with Gasteiger partial charge in [-0.05, 0) is 50.2 Å². The zero-order valence-corrected chi connectivity index (χ0v) is 20.1. The number of nitrogens with one attached hydrogen (secondary N) is 1. The van der Waals surface area contributed by atoms with Crippen molar-refractivity contribution in [1.82, 2.24) is 14.9 Å². The topological polar surface area (TPSA) is 52.2 Å². The Morgan fingerprint density at radius 1 is 1.10 bits per heavy atom. The third kappa shape index (κ3) is 4.61. The van der Waals surface area contributed by atoms with Crippen LogP contribution >= 0.6 is 23.7 Å². The van der Waals surface area contributed by atoms with Crippen molar-refractivity contribution in [3.63, 3.8) is 0 Å². The number of aromatic amines is 1. The molecule has 0 aliphatic rings. The Kier molecular flexibility index (Phi) is 7.36. The van der Waals surface area contributed by atoms with E-state index in [4.69, 9.17) is 4.98 Å². The third-order valence-electron chi connectivity index (χ3n) is 5.64. The molecule has 2 aromatic carbocycles. The number of hydrogen-bond acceptors (Lipinski definition) is 4. The van der Waals surface area contributed by atoms with Crippen LogP contribution in [0.2, 0.25) is 0 Å². The number of anilines is 1. The molecule has 0 unspecified atom stereocenters. The standard InChI is InChI=1S/C24H28N4OS.ClH/c1-5-27(6-2)11-12-28(23(29)19-15-25-20-10-8-7-9-18(19)20)24-26-21-14-16(3)13-17(4)22(21)30-24;/h7-10,13-15,25H,5-6,11-12H2,1-4H3;1H. The van der Waals surface area contributed by atoms with E-state index in [1.165, 1.54) is 11.1 Å². The number of H-pyrrole nitrogens is 1. The van der Waals surface area contributed by atoms with Gasteiger partial charge in [0.15, 0.2) is 5.13 Å². The summed E-state index contributed by atoms with van der Waals surface area (Å²) < 4.78 is 1.15. The van der Waals surface area contributed by atoms with Crippen molar-refractivity contribution in [2.24, 2.45) is 0 Å². The fourth-order valence-electron chi connectivity index (χ4n) is 3.94. The number of fused-ring (bicyclic) bond motifs is 2. The maximum Gasteiger partial charge on any atom is 0.262 e.